The van der Waals surface area contributed by atoms with Crippen molar-refractivity contribution in [2.75, 3.05) is 0 Å². The molecule has 0 aliphatic carbocycles. The predicted molar refractivity (Wildman–Crippen MR) is 114 cm³/mol. The second-order valence-electron chi connectivity index (χ2n) is 7.97. The summed E-state index contributed by atoms with van der Waals surface area (Å²) in [5, 5.41) is 10.9. The summed E-state index contributed by atoms with van der Waals surface area (Å²) in [5.74, 6) is 0.468. The van der Waals surface area contributed by atoms with Crippen molar-refractivity contribution in [3.05, 3.63) is 70.3 Å². The van der Waals surface area contributed by atoms with E-state index in [1.54, 1.807) is 6.92 Å². The normalized spacial score (nSPS) is 21.4. The second-order valence-corrected chi connectivity index (χ2v) is 7.97. The van der Waals surface area contributed by atoms with E-state index in [2.05, 4.69) is 45.1 Å². The largest absolute Gasteiger partial charge is 0.488 e. The van der Waals surface area contributed by atoms with Crippen molar-refractivity contribution in [2.24, 2.45) is 5.92 Å². The van der Waals surface area contributed by atoms with Crippen LogP contribution in [-0.2, 0) is 13.0 Å². The molecule has 0 spiro atoms. The lowest BCUT2D eigenvalue weighted by Gasteiger charge is -2.39. The zero-order valence-corrected chi connectivity index (χ0v) is 17.7. The van der Waals surface area contributed by atoms with Crippen LogP contribution in [0.3, 0.4) is 0 Å². The van der Waals surface area contributed by atoms with Crippen LogP contribution in [0.15, 0.2) is 42.5 Å². The van der Waals surface area contributed by atoms with Gasteiger partial charge >= 0.3 is 0 Å². The molecule has 0 saturated carbocycles. The number of benzene rings is 2. The van der Waals surface area contributed by atoms with Crippen molar-refractivity contribution in [3.63, 3.8) is 0 Å². The first kappa shape index (κ1) is 20.5. The minimum atomic E-state index is -1.20. The summed E-state index contributed by atoms with van der Waals surface area (Å²) in [7, 11) is 0. The van der Waals surface area contributed by atoms with E-state index in [0.717, 1.165) is 58.6 Å². The number of aliphatic hydroxyl groups is 1. The Kier molecular flexibility index (Phi) is 6.14. The SMILES string of the molecule is CCCC=CC1Cc2c(C)c(OCc3ccccc3)c(C)c(C)c2O[C@@]1(C)O. The van der Waals surface area contributed by atoms with Gasteiger partial charge in [-0.15, -0.1) is 0 Å². The molecule has 0 aromatic heterocycles. The maximum absolute atomic E-state index is 10.9. The summed E-state index contributed by atoms with van der Waals surface area (Å²) < 4.78 is 12.4. The Morgan fingerprint density at radius 1 is 1.14 bits per heavy atom. The number of rotatable bonds is 6. The van der Waals surface area contributed by atoms with Crippen LogP contribution in [0.2, 0.25) is 0 Å². The van der Waals surface area contributed by atoms with Gasteiger partial charge < -0.3 is 14.6 Å². The molecule has 0 amide bonds. The molecule has 0 bridgehead atoms. The number of allylic oxidation sites excluding steroid dienone is 1. The van der Waals surface area contributed by atoms with E-state index < -0.39 is 5.79 Å². The van der Waals surface area contributed by atoms with Gasteiger partial charge in [0.15, 0.2) is 0 Å². The maximum atomic E-state index is 10.9. The molecule has 2 aromatic rings. The number of ether oxygens (including phenoxy) is 2. The fourth-order valence-electron chi connectivity index (χ4n) is 3.85. The van der Waals surface area contributed by atoms with Crippen molar-refractivity contribution < 1.29 is 14.6 Å². The number of fused-ring (bicyclic) bond motifs is 1. The Balaban J connectivity index is 1.94. The van der Waals surface area contributed by atoms with Crippen LogP contribution in [0.5, 0.6) is 11.5 Å². The third kappa shape index (κ3) is 4.10. The minimum absolute atomic E-state index is 0.0747. The highest BCUT2D eigenvalue weighted by molar-refractivity contribution is 5.59. The smallest absolute Gasteiger partial charge is 0.211 e. The van der Waals surface area contributed by atoms with Crippen molar-refractivity contribution in [1.29, 1.82) is 0 Å². The van der Waals surface area contributed by atoms with E-state index in [4.69, 9.17) is 9.47 Å². The van der Waals surface area contributed by atoms with Crippen molar-refractivity contribution in [2.45, 2.75) is 66.3 Å². The molecular formula is C25H32O3. The average molecular weight is 381 g/mol. The zero-order chi connectivity index (χ0) is 20.3. The Labute approximate surface area is 169 Å². The van der Waals surface area contributed by atoms with Crippen LogP contribution in [-0.4, -0.2) is 10.9 Å². The third-order valence-electron chi connectivity index (χ3n) is 5.78. The van der Waals surface area contributed by atoms with Gasteiger partial charge in [-0.05, 0) is 55.9 Å². The van der Waals surface area contributed by atoms with Crippen LogP contribution >= 0.6 is 0 Å². The van der Waals surface area contributed by atoms with Crippen LogP contribution in [0, 0.1) is 26.7 Å². The molecule has 1 N–H and O–H groups in total. The van der Waals surface area contributed by atoms with Gasteiger partial charge in [-0.2, -0.15) is 0 Å². The minimum Gasteiger partial charge on any atom is -0.488 e. The molecule has 2 aromatic carbocycles. The molecule has 150 valence electrons. The molecule has 1 unspecified atom stereocenters. The van der Waals surface area contributed by atoms with Crippen molar-refractivity contribution in [3.8, 4) is 11.5 Å². The Morgan fingerprint density at radius 2 is 1.86 bits per heavy atom. The number of hydrogen-bond donors (Lipinski definition) is 1. The van der Waals surface area contributed by atoms with Gasteiger partial charge in [0.05, 0.1) is 0 Å². The quantitative estimate of drug-likeness (QED) is 0.643. The molecule has 2 atom stereocenters. The van der Waals surface area contributed by atoms with Crippen LogP contribution < -0.4 is 9.47 Å². The first-order valence-electron chi connectivity index (χ1n) is 10.2. The lowest BCUT2D eigenvalue weighted by atomic mass is 9.84. The summed E-state index contributed by atoms with van der Waals surface area (Å²) in [4.78, 5) is 0. The summed E-state index contributed by atoms with van der Waals surface area (Å²) in [5.41, 5.74) is 5.52. The van der Waals surface area contributed by atoms with Gasteiger partial charge in [0, 0.05) is 18.4 Å². The first-order chi connectivity index (χ1) is 13.3. The summed E-state index contributed by atoms with van der Waals surface area (Å²) in [6.45, 7) is 10.7. The summed E-state index contributed by atoms with van der Waals surface area (Å²) in [6.07, 6.45) is 7.11. The molecular weight excluding hydrogens is 348 g/mol. The fourth-order valence-corrected chi connectivity index (χ4v) is 3.85. The molecule has 3 heteroatoms. The van der Waals surface area contributed by atoms with Gasteiger partial charge in [-0.3, -0.25) is 0 Å². The molecule has 3 nitrogen and oxygen atoms in total. The van der Waals surface area contributed by atoms with Gasteiger partial charge in [-0.25, -0.2) is 0 Å². The number of unbranched alkanes of at least 4 members (excludes halogenated alkanes) is 1. The third-order valence-corrected chi connectivity index (χ3v) is 5.78. The van der Waals surface area contributed by atoms with Gasteiger partial charge in [0.1, 0.15) is 18.1 Å². The van der Waals surface area contributed by atoms with Crippen LogP contribution in [0.25, 0.3) is 0 Å². The van der Waals surface area contributed by atoms with Gasteiger partial charge in [0.25, 0.3) is 0 Å². The molecule has 28 heavy (non-hydrogen) atoms. The van der Waals surface area contributed by atoms with Crippen LogP contribution in [0.4, 0.5) is 0 Å². The zero-order valence-electron chi connectivity index (χ0n) is 17.7. The maximum Gasteiger partial charge on any atom is 0.211 e. The van der Waals surface area contributed by atoms with E-state index in [1.807, 2.05) is 25.1 Å². The molecule has 0 fully saturated rings. The average Bonchev–Trinajstić information content (AvgIpc) is 2.68. The Bertz CT molecular complexity index is 850. The Morgan fingerprint density at radius 3 is 2.54 bits per heavy atom. The van der Waals surface area contributed by atoms with E-state index in [0.29, 0.717) is 6.61 Å². The number of hydrogen-bond acceptors (Lipinski definition) is 3. The fraction of sp³-hybridized carbons (Fsp3) is 0.440. The Hall–Kier alpha value is -2.26. The molecule has 0 radical (unpaired) electrons. The molecule has 0 saturated heterocycles. The monoisotopic (exact) mass is 380 g/mol. The van der Waals surface area contributed by atoms with Crippen molar-refractivity contribution in [1.82, 2.24) is 0 Å². The predicted octanol–water partition coefficient (Wildman–Crippen LogP) is 5.81. The topological polar surface area (TPSA) is 38.7 Å². The van der Waals surface area contributed by atoms with E-state index in [9.17, 15) is 5.11 Å². The van der Waals surface area contributed by atoms with Gasteiger partial charge in [-0.1, -0.05) is 55.8 Å². The standard InChI is InChI=1S/C25H32O3/c1-6-7-9-14-21-15-22-19(4)23(27-16-20-12-10-8-11-13-20)17(2)18(3)24(22)28-25(21,5)26/h8-14,21,26H,6-7,15-16H2,1-5H3/t21?,25-/m1/s1. The highest BCUT2D eigenvalue weighted by Gasteiger charge is 2.40. The van der Waals surface area contributed by atoms with Gasteiger partial charge in [0.2, 0.25) is 5.79 Å². The molecule has 1 heterocycles. The van der Waals surface area contributed by atoms with E-state index in [-0.39, 0.29) is 5.92 Å². The highest BCUT2D eigenvalue weighted by Crippen LogP contribution is 2.45. The molecule has 3 rings (SSSR count). The van der Waals surface area contributed by atoms with E-state index >= 15 is 0 Å². The highest BCUT2D eigenvalue weighted by atomic mass is 16.6. The van der Waals surface area contributed by atoms with Crippen molar-refractivity contribution >= 4 is 0 Å². The molecule has 1 aliphatic rings. The lowest BCUT2D eigenvalue weighted by molar-refractivity contribution is -0.159. The lowest BCUT2D eigenvalue weighted by Crippen LogP contribution is -2.44. The second kappa shape index (κ2) is 8.40. The van der Waals surface area contributed by atoms with Crippen LogP contribution in [0.1, 0.15) is 54.5 Å². The van der Waals surface area contributed by atoms with E-state index in [1.165, 1.54) is 0 Å². The first-order valence-corrected chi connectivity index (χ1v) is 10.2. The summed E-state index contributed by atoms with van der Waals surface area (Å²) in [6, 6.07) is 10.2. The molecule has 1 aliphatic heterocycles. The summed E-state index contributed by atoms with van der Waals surface area (Å²) >= 11 is 0.